The Balaban J connectivity index is 2.67. The highest BCUT2D eigenvalue weighted by Crippen LogP contribution is 2.16. The minimum Gasteiger partial charge on any atom is -0.320 e. The lowest BCUT2D eigenvalue weighted by Crippen LogP contribution is -2.28. The first-order valence-electron chi connectivity index (χ1n) is 6.37. The average molecular weight is 244 g/mol. The van der Waals surface area contributed by atoms with Crippen LogP contribution in [0.5, 0.6) is 0 Å². The molecule has 98 valence electrons. The van der Waals surface area contributed by atoms with Crippen LogP contribution in [-0.4, -0.2) is 25.0 Å². The molecule has 1 aromatic carbocycles. The lowest BCUT2D eigenvalue weighted by Gasteiger charge is -2.26. The molecule has 0 aliphatic rings. The van der Waals surface area contributed by atoms with Crippen molar-refractivity contribution in [2.24, 2.45) is 11.1 Å². The van der Waals surface area contributed by atoms with Crippen molar-refractivity contribution in [3.63, 3.8) is 0 Å². The second-order valence-corrected chi connectivity index (χ2v) is 5.94. The van der Waals surface area contributed by atoms with Crippen LogP contribution < -0.4 is 5.73 Å². The lowest BCUT2D eigenvalue weighted by atomic mass is 9.96. The van der Waals surface area contributed by atoms with Crippen LogP contribution >= 0.6 is 0 Å². The molecule has 18 heavy (non-hydrogen) atoms. The molecule has 0 fully saturated rings. The van der Waals surface area contributed by atoms with Gasteiger partial charge in [0, 0.05) is 18.7 Å². The van der Waals surface area contributed by atoms with Gasteiger partial charge in [-0.3, -0.25) is 0 Å². The summed E-state index contributed by atoms with van der Waals surface area (Å²) in [5, 5.41) is 0. The number of hydrogen-bond donors (Lipinski definition) is 1. The van der Waals surface area contributed by atoms with Crippen LogP contribution in [-0.2, 0) is 6.54 Å². The van der Waals surface area contributed by atoms with Gasteiger partial charge in [-0.05, 0) is 30.2 Å². The molecule has 0 amide bonds. The van der Waals surface area contributed by atoms with E-state index < -0.39 is 0 Å². The summed E-state index contributed by atoms with van der Waals surface area (Å²) in [5.41, 5.74) is 8.05. The van der Waals surface area contributed by atoms with Gasteiger partial charge >= 0.3 is 0 Å². The molecule has 0 bridgehead atoms. The standard InChI is InChI=1S/C16H24N2/c1-16(2,3)13-18(4)12-15-8-5-7-14(11-15)9-6-10-17/h5,7-8,11H,10,12-13,17H2,1-4H3. The molecule has 1 rings (SSSR count). The fraction of sp³-hybridized carbons (Fsp3) is 0.500. The minimum atomic E-state index is 0.325. The lowest BCUT2D eigenvalue weighted by molar-refractivity contribution is 0.221. The van der Waals surface area contributed by atoms with E-state index in [1.807, 2.05) is 6.07 Å². The predicted octanol–water partition coefficient (Wildman–Crippen LogP) is 2.47. The molecule has 0 aliphatic carbocycles. The molecule has 2 N–H and O–H groups in total. The van der Waals surface area contributed by atoms with E-state index in [2.05, 4.69) is 62.8 Å². The Morgan fingerprint density at radius 1 is 1.28 bits per heavy atom. The molecule has 2 nitrogen and oxygen atoms in total. The number of rotatable bonds is 3. The van der Waals surface area contributed by atoms with Gasteiger partial charge in [-0.1, -0.05) is 44.7 Å². The van der Waals surface area contributed by atoms with Gasteiger partial charge in [0.25, 0.3) is 0 Å². The molecule has 0 radical (unpaired) electrons. The average Bonchev–Trinajstić information content (AvgIpc) is 2.24. The van der Waals surface area contributed by atoms with Gasteiger partial charge in [-0.2, -0.15) is 0 Å². The summed E-state index contributed by atoms with van der Waals surface area (Å²) in [6, 6.07) is 8.37. The summed E-state index contributed by atoms with van der Waals surface area (Å²) in [4.78, 5) is 2.34. The molecule has 1 aromatic rings. The maximum absolute atomic E-state index is 5.38. The Bertz CT molecular complexity index is 432. The van der Waals surface area contributed by atoms with E-state index in [1.54, 1.807) is 0 Å². The van der Waals surface area contributed by atoms with Gasteiger partial charge < -0.3 is 10.6 Å². The van der Waals surface area contributed by atoms with Crippen molar-refractivity contribution in [2.75, 3.05) is 20.1 Å². The van der Waals surface area contributed by atoms with E-state index in [9.17, 15) is 0 Å². The largest absolute Gasteiger partial charge is 0.320 e. The minimum absolute atomic E-state index is 0.325. The topological polar surface area (TPSA) is 29.3 Å². The Morgan fingerprint density at radius 2 is 2.00 bits per heavy atom. The third kappa shape index (κ3) is 5.86. The Morgan fingerprint density at radius 3 is 2.61 bits per heavy atom. The van der Waals surface area contributed by atoms with Gasteiger partial charge in [-0.25, -0.2) is 0 Å². The summed E-state index contributed by atoms with van der Waals surface area (Å²) in [6.45, 7) is 9.21. The number of benzene rings is 1. The first-order chi connectivity index (χ1) is 8.40. The second kappa shape index (κ2) is 6.58. The summed E-state index contributed by atoms with van der Waals surface area (Å²) in [6.07, 6.45) is 0. The summed E-state index contributed by atoms with van der Waals surface area (Å²) < 4.78 is 0. The molecule has 0 spiro atoms. The summed E-state index contributed by atoms with van der Waals surface area (Å²) in [7, 11) is 2.16. The SMILES string of the molecule is CN(Cc1cccc(C#CCN)c1)CC(C)(C)C. The molecule has 0 saturated carbocycles. The van der Waals surface area contributed by atoms with Crippen molar-refractivity contribution >= 4 is 0 Å². The zero-order valence-electron chi connectivity index (χ0n) is 12.0. The highest BCUT2D eigenvalue weighted by Gasteiger charge is 2.13. The van der Waals surface area contributed by atoms with Crippen LogP contribution in [0.3, 0.4) is 0 Å². The first kappa shape index (κ1) is 14.8. The van der Waals surface area contributed by atoms with Crippen molar-refractivity contribution in [1.29, 1.82) is 0 Å². The quantitative estimate of drug-likeness (QED) is 0.828. The van der Waals surface area contributed by atoms with E-state index in [4.69, 9.17) is 5.73 Å². The van der Waals surface area contributed by atoms with Crippen molar-refractivity contribution < 1.29 is 0 Å². The van der Waals surface area contributed by atoms with Gasteiger partial charge in [0.2, 0.25) is 0 Å². The Hall–Kier alpha value is -1.30. The predicted molar refractivity (Wildman–Crippen MR) is 78.2 cm³/mol. The Kier molecular flexibility index (Phi) is 5.40. The fourth-order valence-corrected chi connectivity index (χ4v) is 2.08. The van der Waals surface area contributed by atoms with Gasteiger partial charge in [-0.15, -0.1) is 0 Å². The van der Waals surface area contributed by atoms with Crippen LogP contribution in [0.2, 0.25) is 0 Å². The highest BCUT2D eigenvalue weighted by atomic mass is 15.1. The van der Waals surface area contributed by atoms with Crippen LogP contribution in [0.15, 0.2) is 24.3 Å². The summed E-state index contributed by atoms with van der Waals surface area (Å²) in [5.74, 6) is 5.96. The second-order valence-electron chi connectivity index (χ2n) is 5.94. The molecule has 0 aliphatic heterocycles. The monoisotopic (exact) mass is 244 g/mol. The normalized spacial score (nSPS) is 11.2. The van der Waals surface area contributed by atoms with E-state index in [-0.39, 0.29) is 0 Å². The molecule has 0 heterocycles. The third-order valence-electron chi connectivity index (χ3n) is 2.46. The van der Waals surface area contributed by atoms with Crippen LogP contribution in [0, 0.1) is 17.3 Å². The smallest absolute Gasteiger partial charge is 0.0555 e. The molecular weight excluding hydrogens is 220 g/mol. The summed E-state index contributed by atoms with van der Waals surface area (Å²) >= 11 is 0. The zero-order chi connectivity index (χ0) is 13.6. The highest BCUT2D eigenvalue weighted by molar-refractivity contribution is 5.37. The third-order valence-corrected chi connectivity index (χ3v) is 2.46. The van der Waals surface area contributed by atoms with E-state index in [0.717, 1.165) is 18.7 Å². The van der Waals surface area contributed by atoms with E-state index >= 15 is 0 Å². The van der Waals surface area contributed by atoms with Gasteiger partial charge in [0.1, 0.15) is 0 Å². The van der Waals surface area contributed by atoms with E-state index in [0.29, 0.717) is 12.0 Å². The van der Waals surface area contributed by atoms with Crippen molar-refractivity contribution in [3.8, 4) is 11.8 Å². The number of nitrogens with two attached hydrogens (primary N) is 1. The number of nitrogens with zero attached hydrogens (tertiary/aromatic N) is 1. The maximum atomic E-state index is 5.38. The van der Waals surface area contributed by atoms with Gasteiger partial charge in [0.05, 0.1) is 6.54 Å². The maximum Gasteiger partial charge on any atom is 0.0555 e. The van der Waals surface area contributed by atoms with Crippen LogP contribution in [0.25, 0.3) is 0 Å². The number of hydrogen-bond acceptors (Lipinski definition) is 2. The van der Waals surface area contributed by atoms with Crippen LogP contribution in [0.1, 0.15) is 31.9 Å². The van der Waals surface area contributed by atoms with Crippen LogP contribution in [0.4, 0.5) is 0 Å². The van der Waals surface area contributed by atoms with E-state index in [1.165, 1.54) is 5.56 Å². The van der Waals surface area contributed by atoms with Crippen molar-refractivity contribution in [1.82, 2.24) is 4.90 Å². The molecule has 0 saturated heterocycles. The first-order valence-corrected chi connectivity index (χ1v) is 6.37. The van der Waals surface area contributed by atoms with Crippen molar-refractivity contribution in [3.05, 3.63) is 35.4 Å². The Labute approximate surface area is 111 Å². The molecule has 0 unspecified atom stereocenters. The van der Waals surface area contributed by atoms with Gasteiger partial charge in [0.15, 0.2) is 0 Å². The fourth-order valence-electron chi connectivity index (χ4n) is 2.08. The molecule has 2 heteroatoms. The zero-order valence-corrected chi connectivity index (χ0v) is 12.0. The molecule has 0 aromatic heterocycles. The van der Waals surface area contributed by atoms with Crippen molar-refractivity contribution in [2.45, 2.75) is 27.3 Å². The molecule has 0 atom stereocenters. The molecular formula is C16H24N2.